The van der Waals surface area contributed by atoms with Crippen molar-refractivity contribution in [2.75, 3.05) is 4.90 Å². The van der Waals surface area contributed by atoms with Gasteiger partial charge in [-0.05, 0) is 71.5 Å². The number of para-hydroxylation sites is 1. The molecule has 8 aromatic rings. The number of aryl methyl sites for hydroxylation is 2. The Hall–Kier alpha value is -5.65. The lowest BCUT2D eigenvalue weighted by atomic mass is 9.97. The van der Waals surface area contributed by atoms with E-state index in [1.54, 1.807) is 0 Å². The molecule has 4 nitrogen and oxygen atoms in total. The Bertz CT molecular complexity index is 2320. The summed E-state index contributed by atoms with van der Waals surface area (Å²) >= 11 is 1.86. The van der Waals surface area contributed by atoms with E-state index in [1.165, 1.54) is 42.4 Å². The number of aromatic nitrogens is 3. The van der Waals surface area contributed by atoms with E-state index in [1.807, 2.05) is 47.7 Å². The number of benzene rings is 6. The van der Waals surface area contributed by atoms with Gasteiger partial charge in [0.05, 0.1) is 11.4 Å². The van der Waals surface area contributed by atoms with E-state index in [-0.39, 0.29) is 0 Å². The van der Waals surface area contributed by atoms with Crippen LogP contribution < -0.4 is 4.90 Å². The smallest absolute Gasteiger partial charge is 0.238 e. The van der Waals surface area contributed by atoms with Crippen molar-refractivity contribution in [1.29, 1.82) is 0 Å². The molecule has 0 saturated heterocycles. The summed E-state index contributed by atoms with van der Waals surface area (Å²) < 4.78 is 2.65. The van der Waals surface area contributed by atoms with E-state index >= 15 is 0 Å². The predicted molar refractivity (Wildman–Crippen MR) is 191 cm³/mol. The van der Waals surface area contributed by atoms with Crippen LogP contribution in [0.2, 0.25) is 0 Å². The highest BCUT2D eigenvalue weighted by molar-refractivity contribution is 7.25. The Morgan fingerprint density at radius 2 is 1.02 bits per heavy atom. The molecule has 218 valence electrons. The lowest BCUT2D eigenvalue weighted by molar-refractivity contribution is 0.978. The summed E-state index contributed by atoms with van der Waals surface area (Å²) in [5.41, 5.74) is 9.10. The second kappa shape index (κ2) is 11.1. The zero-order valence-corrected chi connectivity index (χ0v) is 25.8. The van der Waals surface area contributed by atoms with Crippen LogP contribution in [0.15, 0.2) is 146 Å². The maximum atomic E-state index is 5.13. The Balaban J connectivity index is 1.22. The third-order valence-corrected chi connectivity index (χ3v) is 9.97. The van der Waals surface area contributed by atoms with Crippen LogP contribution in [0.4, 0.5) is 17.3 Å². The summed E-state index contributed by atoms with van der Waals surface area (Å²) in [4.78, 5) is 17.5. The molecule has 0 bridgehead atoms. The molecular weight excluding hydrogens is 581 g/mol. The molecule has 0 spiro atoms. The fourth-order valence-electron chi connectivity index (χ4n) is 6.54. The van der Waals surface area contributed by atoms with Gasteiger partial charge in [-0.25, -0.2) is 4.98 Å². The first-order valence-corrected chi connectivity index (χ1v) is 16.4. The lowest BCUT2D eigenvalue weighted by Crippen LogP contribution is -2.16. The van der Waals surface area contributed by atoms with Crippen molar-refractivity contribution < 1.29 is 0 Å². The first kappa shape index (κ1) is 26.7. The van der Waals surface area contributed by atoms with Crippen LogP contribution in [-0.2, 0) is 12.8 Å². The van der Waals surface area contributed by atoms with Gasteiger partial charge in [0, 0.05) is 31.3 Å². The lowest BCUT2D eigenvalue weighted by Gasteiger charge is -2.26. The molecule has 2 aromatic heterocycles. The summed E-state index contributed by atoms with van der Waals surface area (Å²) in [7, 11) is 0. The standard InChI is InChI=1S/C41H28N4S/c1-3-12-28(13-4-1)39-42-40(29-14-5-2-6-15-29)44-41(43-39)45-35-17-9-7-11-27(35)19-20-32-25-30(21-23-36(32)45)31-22-24-38-34(26-31)33-16-8-10-18-37(33)46-38/h1-18,21-26H,19-20H2. The van der Waals surface area contributed by atoms with E-state index in [0.717, 1.165) is 35.3 Å². The topological polar surface area (TPSA) is 41.9 Å². The molecule has 0 atom stereocenters. The van der Waals surface area contributed by atoms with Gasteiger partial charge in [0.15, 0.2) is 11.6 Å². The minimum absolute atomic E-state index is 0.613. The van der Waals surface area contributed by atoms with Gasteiger partial charge in [-0.15, -0.1) is 11.3 Å². The summed E-state index contributed by atoms with van der Waals surface area (Å²) in [5.74, 6) is 1.92. The van der Waals surface area contributed by atoms with E-state index in [2.05, 4.69) is 114 Å². The van der Waals surface area contributed by atoms with Gasteiger partial charge >= 0.3 is 0 Å². The first-order valence-electron chi connectivity index (χ1n) is 15.6. The van der Waals surface area contributed by atoms with Gasteiger partial charge in [-0.1, -0.05) is 109 Å². The van der Waals surface area contributed by atoms with Crippen LogP contribution in [0.1, 0.15) is 11.1 Å². The van der Waals surface area contributed by atoms with Gasteiger partial charge in [0.1, 0.15) is 0 Å². The van der Waals surface area contributed by atoms with Crippen LogP contribution >= 0.6 is 11.3 Å². The van der Waals surface area contributed by atoms with Crippen LogP contribution in [0.3, 0.4) is 0 Å². The summed E-state index contributed by atoms with van der Waals surface area (Å²) in [6.07, 6.45) is 1.85. The minimum Gasteiger partial charge on any atom is -0.279 e. The Morgan fingerprint density at radius 1 is 0.435 bits per heavy atom. The fourth-order valence-corrected chi connectivity index (χ4v) is 7.63. The van der Waals surface area contributed by atoms with E-state index in [0.29, 0.717) is 17.6 Å². The average molecular weight is 609 g/mol. The van der Waals surface area contributed by atoms with Gasteiger partial charge < -0.3 is 0 Å². The molecule has 0 amide bonds. The van der Waals surface area contributed by atoms with Crippen molar-refractivity contribution in [2.45, 2.75) is 12.8 Å². The van der Waals surface area contributed by atoms with Gasteiger partial charge in [0.25, 0.3) is 0 Å². The SMILES string of the molecule is c1ccc(-c2nc(-c3ccccc3)nc(N3c4ccccc4CCc4cc(-c5ccc6sc7ccccc7c6c5)ccc43)n2)cc1. The summed E-state index contributed by atoms with van der Waals surface area (Å²) in [6.45, 7) is 0. The molecule has 0 aliphatic carbocycles. The van der Waals surface area contributed by atoms with Crippen molar-refractivity contribution in [1.82, 2.24) is 15.0 Å². The number of anilines is 3. The number of rotatable bonds is 4. The second-order valence-corrected chi connectivity index (χ2v) is 12.7. The molecule has 0 unspecified atom stereocenters. The maximum absolute atomic E-state index is 5.13. The molecule has 46 heavy (non-hydrogen) atoms. The highest BCUT2D eigenvalue weighted by atomic mass is 32.1. The predicted octanol–water partition coefficient (Wildman–Crippen LogP) is 10.8. The first-order chi connectivity index (χ1) is 22.8. The van der Waals surface area contributed by atoms with Crippen molar-refractivity contribution in [3.8, 4) is 33.9 Å². The normalized spacial score (nSPS) is 12.6. The quantitative estimate of drug-likeness (QED) is 0.199. The molecular formula is C41H28N4S. The number of fused-ring (bicyclic) bond motifs is 5. The molecule has 0 N–H and O–H groups in total. The fraction of sp³-hybridized carbons (Fsp3) is 0.0488. The number of hydrogen-bond donors (Lipinski definition) is 0. The van der Waals surface area contributed by atoms with E-state index < -0.39 is 0 Å². The maximum Gasteiger partial charge on any atom is 0.238 e. The average Bonchev–Trinajstić information content (AvgIpc) is 3.41. The van der Waals surface area contributed by atoms with Crippen LogP contribution in [-0.4, -0.2) is 15.0 Å². The van der Waals surface area contributed by atoms with Gasteiger partial charge in [0.2, 0.25) is 5.95 Å². The van der Waals surface area contributed by atoms with Gasteiger partial charge in [-0.2, -0.15) is 9.97 Å². The molecule has 3 heterocycles. The second-order valence-electron chi connectivity index (χ2n) is 11.6. The zero-order chi connectivity index (χ0) is 30.5. The highest BCUT2D eigenvalue weighted by Gasteiger charge is 2.26. The van der Waals surface area contributed by atoms with Crippen molar-refractivity contribution >= 4 is 48.8 Å². The zero-order valence-electron chi connectivity index (χ0n) is 25.0. The number of nitrogens with zero attached hydrogens (tertiary/aromatic N) is 4. The number of thiophene rings is 1. The molecule has 9 rings (SSSR count). The Morgan fingerprint density at radius 3 is 1.80 bits per heavy atom. The molecule has 5 heteroatoms. The molecule has 6 aromatic carbocycles. The van der Waals surface area contributed by atoms with Crippen LogP contribution in [0.25, 0.3) is 54.1 Å². The van der Waals surface area contributed by atoms with E-state index in [4.69, 9.17) is 15.0 Å². The van der Waals surface area contributed by atoms with Crippen molar-refractivity contribution in [2.24, 2.45) is 0 Å². The molecule has 0 radical (unpaired) electrons. The van der Waals surface area contributed by atoms with E-state index in [9.17, 15) is 0 Å². The van der Waals surface area contributed by atoms with Gasteiger partial charge in [-0.3, -0.25) is 4.90 Å². The third-order valence-electron chi connectivity index (χ3n) is 8.81. The third kappa shape index (κ3) is 4.64. The molecule has 1 aliphatic heterocycles. The monoisotopic (exact) mass is 608 g/mol. The highest BCUT2D eigenvalue weighted by Crippen LogP contribution is 2.43. The summed E-state index contributed by atoms with van der Waals surface area (Å²) in [5, 5.41) is 2.63. The number of hydrogen-bond acceptors (Lipinski definition) is 5. The molecule has 0 saturated carbocycles. The van der Waals surface area contributed by atoms with Crippen LogP contribution in [0.5, 0.6) is 0 Å². The molecule has 1 aliphatic rings. The largest absolute Gasteiger partial charge is 0.279 e. The minimum atomic E-state index is 0.613. The Kier molecular flexibility index (Phi) is 6.42. The van der Waals surface area contributed by atoms with Crippen molar-refractivity contribution in [3.05, 3.63) is 157 Å². The molecule has 0 fully saturated rings. The van der Waals surface area contributed by atoms with Crippen LogP contribution in [0, 0.1) is 0 Å². The van der Waals surface area contributed by atoms with Crippen molar-refractivity contribution in [3.63, 3.8) is 0 Å². The summed E-state index contributed by atoms with van der Waals surface area (Å²) in [6, 6.07) is 51.4. The Labute approximate surface area is 271 Å².